The number of benzene rings is 2. The smallest absolute Gasteiger partial charge is 0.305 e. The number of nitrogens with two attached hydrogens (primary N) is 1. The molecule has 3 nitrogen and oxygen atoms in total. The van der Waals surface area contributed by atoms with Gasteiger partial charge in [0.25, 0.3) is 0 Å². The van der Waals surface area contributed by atoms with E-state index in [4.69, 9.17) is 10.5 Å². The van der Waals surface area contributed by atoms with Gasteiger partial charge in [-0.15, -0.1) is 0 Å². The molecule has 0 saturated heterocycles. The van der Waals surface area contributed by atoms with Crippen LogP contribution in [0.15, 0.2) is 36.4 Å². The Labute approximate surface area is 138 Å². The second kappa shape index (κ2) is 7.82. The Balaban J connectivity index is 2.35. The summed E-state index contributed by atoms with van der Waals surface area (Å²) < 4.78 is 5.21. The molecule has 2 aromatic rings. The van der Waals surface area contributed by atoms with Crippen LogP contribution in [-0.4, -0.2) is 5.97 Å². The Bertz CT molecular complexity index is 692. The van der Waals surface area contributed by atoms with Gasteiger partial charge in [-0.05, 0) is 29.5 Å². The number of esters is 1. The summed E-state index contributed by atoms with van der Waals surface area (Å²) in [5.74, 6) is -0.213. The summed E-state index contributed by atoms with van der Waals surface area (Å²) >= 11 is 0. The number of carbonyl (C=O) groups excluding carboxylic acids is 1. The van der Waals surface area contributed by atoms with E-state index in [9.17, 15) is 4.79 Å². The Morgan fingerprint density at radius 1 is 1.00 bits per heavy atom. The number of para-hydroxylation sites is 1. The molecule has 0 atom stereocenters. The first-order valence-corrected chi connectivity index (χ1v) is 8.25. The molecular formula is C20H25NO2. The molecule has 0 fully saturated rings. The molecule has 0 unspecified atom stereocenters. The predicted molar refractivity (Wildman–Crippen MR) is 95.1 cm³/mol. The molecule has 0 saturated carbocycles. The normalized spacial score (nSPS) is 10.6. The maximum absolute atomic E-state index is 11.3. The molecule has 0 aliphatic heterocycles. The van der Waals surface area contributed by atoms with Crippen molar-refractivity contribution < 1.29 is 9.53 Å². The van der Waals surface area contributed by atoms with E-state index in [1.54, 1.807) is 6.92 Å². The third-order valence-electron chi connectivity index (χ3n) is 4.15. The van der Waals surface area contributed by atoms with E-state index in [1.165, 1.54) is 11.1 Å². The van der Waals surface area contributed by atoms with Crippen molar-refractivity contribution in [1.82, 2.24) is 0 Å². The highest BCUT2D eigenvalue weighted by Gasteiger charge is 2.10. The average molecular weight is 311 g/mol. The summed E-state index contributed by atoms with van der Waals surface area (Å²) in [4.78, 5) is 11.3. The Kier molecular flexibility index (Phi) is 5.80. The zero-order valence-electron chi connectivity index (χ0n) is 14.2. The number of aryl methyl sites for hydroxylation is 2. The molecule has 0 radical (unpaired) electrons. The Morgan fingerprint density at radius 2 is 1.74 bits per heavy atom. The van der Waals surface area contributed by atoms with Crippen LogP contribution in [0.2, 0.25) is 0 Å². The fraction of sp³-hybridized carbons (Fsp3) is 0.350. The summed E-state index contributed by atoms with van der Waals surface area (Å²) in [5, 5.41) is 0. The van der Waals surface area contributed by atoms with Gasteiger partial charge in [0, 0.05) is 23.2 Å². The number of carbonyl (C=O) groups is 1. The van der Waals surface area contributed by atoms with E-state index < -0.39 is 0 Å². The molecule has 0 aromatic heterocycles. The second-order valence-electron chi connectivity index (χ2n) is 5.58. The van der Waals surface area contributed by atoms with E-state index in [-0.39, 0.29) is 12.6 Å². The molecule has 2 aromatic carbocycles. The van der Waals surface area contributed by atoms with Gasteiger partial charge in [0.15, 0.2) is 0 Å². The summed E-state index contributed by atoms with van der Waals surface area (Å²) in [6.45, 7) is 6.34. The molecule has 0 heterocycles. The van der Waals surface area contributed by atoms with Crippen molar-refractivity contribution >= 4 is 11.7 Å². The van der Waals surface area contributed by atoms with Gasteiger partial charge in [0.05, 0.1) is 0 Å². The van der Waals surface area contributed by atoms with E-state index in [1.807, 2.05) is 18.2 Å². The highest BCUT2D eigenvalue weighted by atomic mass is 16.5. The van der Waals surface area contributed by atoms with Crippen molar-refractivity contribution in [3.05, 3.63) is 53.1 Å². The summed E-state index contributed by atoms with van der Waals surface area (Å²) in [5.41, 5.74) is 12.7. The van der Waals surface area contributed by atoms with Gasteiger partial charge in [0.2, 0.25) is 0 Å². The standard InChI is InChI=1S/C20H25NO2/c1-4-14-10-11-16(12-15(14)5-2)18-9-7-8-17(20(18)21)13-23-19(22)6-3/h7-12H,4-6,13,21H2,1-3H3. The molecule has 0 spiro atoms. The van der Waals surface area contributed by atoms with Crippen LogP contribution in [-0.2, 0) is 29.0 Å². The van der Waals surface area contributed by atoms with Crippen LogP contribution in [0.4, 0.5) is 5.69 Å². The minimum Gasteiger partial charge on any atom is -0.461 e. The van der Waals surface area contributed by atoms with Crippen molar-refractivity contribution in [3.63, 3.8) is 0 Å². The maximum atomic E-state index is 11.3. The van der Waals surface area contributed by atoms with Gasteiger partial charge < -0.3 is 10.5 Å². The lowest BCUT2D eigenvalue weighted by molar-refractivity contribution is -0.144. The van der Waals surface area contributed by atoms with Crippen LogP contribution in [0.5, 0.6) is 0 Å². The van der Waals surface area contributed by atoms with Gasteiger partial charge in [-0.1, -0.05) is 57.2 Å². The fourth-order valence-corrected chi connectivity index (χ4v) is 2.72. The lowest BCUT2D eigenvalue weighted by Gasteiger charge is -2.14. The molecule has 2 rings (SSSR count). The Morgan fingerprint density at radius 3 is 2.39 bits per heavy atom. The van der Waals surface area contributed by atoms with E-state index >= 15 is 0 Å². The lowest BCUT2D eigenvalue weighted by Crippen LogP contribution is -2.05. The predicted octanol–water partition coefficient (Wildman–Crippen LogP) is 4.51. The molecule has 23 heavy (non-hydrogen) atoms. The van der Waals surface area contributed by atoms with Crippen molar-refractivity contribution in [2.24, 2.45) is 0 Å². The molecule has 0 amide bonds. The first kappa shape index (κ1) is 17.1. The van der Waals surface area contributed by atoms with Crippen LogP contribution in [0.25, 0.3) is 11.1 Å². The first-order chi connectivity index (χ1) is 11.1. The van der Waals surface area contributed by atoms with Crippen molar-refractivity contribution in [3.8, 4) is 11.1 Å². The second-order valence-corrected chi connectivity index (χ2v) is 5.58. The number of nitrogen functional groups attached to an aromatic ring is 1. The van der Waals surface area contributed by atoms with Gasteiger partial charge in [0.1, 0.15) is 6.61 Å². The number of hydrogen-bond donors (Lipinski definition) is 1. The zero-order valence-corrected chi connectivity index (χ0v) is 14.2. The highest BCUT2D eigenvalue weighted by Crippen LogP contribution is 2.31. The monoisotopic (exact) mass is 311 g/mol. The molecule has 0 aliphatic carbocycles. The summed E-state index contributed by atoms with van der Waals surface area (Å²) in [6.07, 6.45) is 2.41. The van der Waals surface area contributed by atoms with Crippen LogP contribution >= 0.6 is 0 Å². The maximum Gasteiger partial charge on any atom is 0.305 e. The number of ether oxygens (including phenoxy) is 1. The number of hydrogen-bond acceptors (Lipinski definition) is 3. The van der Waals surface area contributed by atoms with Gasteiger partial charge in [-0.3, -0.25) is 4.79 Å². The average Bonchev–Trinajstić information content (AvgIpc) is 2.59. The topological polar surface area (TPSA) is 52.3 Å². The third-order valence-corrected chi connectivity index (χ3v) is 4.15. The molecule has 0 aliphatic rings. The summed E-state index contributed by atoms with van der Waals surface area (Å²) in [7, 11) is 0. The number of rotatable bonds is 6. The summed E-state index contributed by atoms with van der Waals surface area (Å²) in [6, 6.07) is 12.4. The number of anilines is 1. The molecular weight excluding hydrogens is 286 g/mol. The quantitative estimate of drug-likeness (QED) is 0.630. The van der Waals surface area contributed by atoms with Crippen LogP contribution in [0.1, 0.15) is 43.9 Å². The van der Waals surface area contributed by atoms with Gasteiger partial charge >= 0.3 is 5.97 Å². The minimum atomic E-state index is -0.213. The van der Waals surface area contributed by atoms with Crippen LogP contribution in [0.3, 0.4) is 0 Å². The minimum absolute atomic E-state index is 0.213. The molecule has 0 bridgehead atoms. The SMILES string of the molecule is CCC(=O)OCc1cccc(-c2ccc(CC)c(CC)c2)c1N. The first-order valence-electron chi connectivity index (χ1n) is 8.25. The molecule has 122 valence electrons. The fourth-order valence-electron chi connectivity index (χ4n) is 2.72. The lowest BCUT2D eigenvalue weighted by atomic mass is 9.94. The van der Waals surface area contributed by atoms with Crippen LogP contribution in [0, 0.1) is 0 Å². The van der Waals surface area contributed by atoms with E-state index in [2.05, 4.69) is 32.0 Å². The van der Waals surface area contributed by atoms with Crippen molar-refractivity contribution in [2.75, 3.05) is 5.73 Å². The Hall–Kier alpha value is -2.29. The zero-order chi connectivity index (χ0) is 16.8. The van der Waals surface area contributed by atoms with Crippen molar-refractivity contribution in [2.45, 2.75) is 46.6 Å². The molecule has 2 N–H and O–H groups in total. The largest absolute Gasteiger partial charge is 0.461 e. The van der Waals surface area contributed by atoms with Crippen LogP contribution < -0.4 is 5.73 Å². The highest BCUT2D eigenvalue weighted by molar-refractivity contribution is 5.79. The van der Waals surface area contributed by atoms with Gasteiger partial charge in [-0.2, -0.15) is 0 Å². The van der Waals surface area contributed by atoms with E-state index in [0.29, 0.717) is 12.1 Å². The van der Waals surface area contributed by atoms with Gasteiger partial charge in [-0.25, -0.2) is 0 Å². The van der Waals surface area contributed by atoms with E-state index in [0.717, 1.165) is 29.5 Å². The molecule has 3 heteroatoms. The third kappa shape index (κ3) is 3.92. The van der Waals surface area contributed by atoms with Crippen molar-refractivity contribution in [1.29, 1.82) is 0 Å².